The first-order valence-electron chi connectivity index (χ1n) is 8.00. The Hall–Kier alpha value is -2.00. The molecule has 3 heteroatoms. The second-order valence-corrected chi connectivity index (χ2v) is 5.70. The molecule has 0 atom stereocenters. The number of benzene rings is 2. The predicted molar refractivity (Wildman–Crippen MR) is 96.3 cm³/mol. The highest BCUT2D eigenvalue weighted by molar-refractivity contribution is 5.70. The third-order valence-corrected chi connectivity index (χ3v) is 3.72. The van der Waals surface area contributed by atoms with E-state index in [1.54, 1.807) is 0 Å². The molecule has 23 heavy (non-hydrogen) atoms. The van der Waals surface area contributed by atoms with Gasteiger partial charge < -0.3 is 14.9 Å². The van der Waals surface area contributed by atoms with Gasteiger partial charge in [-0.15, -0.1) is 0 Å². The molecule has 0 bridgehead atoms. The van der Waals surface area contributed by atoms with E-state index < -0.39 is 0 Å². The zero-order chi connectivity index (χ0) is 17.6. The van der Waals surface area contributed by atoms with Gasteiger partial charge in [-0.1, -0.05) is 0 Å². The maximum atomic E-state index is 9.79. The quantitative estimate of drug-likeness (QED) is 0.834. The van der Waals surface area contributed by atoms with Crippen LogP contribution in [0.15, 0.2) is 24.3 Å². The minimum Gasteiger partial charge on any atom is -0.507 e. The Kier molecular flexibility index (Phi) is 7.11. The number of hydrogen-bond donors (Lipinski definition) is 2. The molecule has 3 nitrogen and oxygen atoms in total. The van der Waals surface area contributed by atoms with E-state index in [0.717, 1.165) is 46.6 Å². The second kappa shape index (κ2) is 8.59. The summed E-state index contributed by atoms with van der Waals surface area (Å²) in [7, 11) is 0. The highest BCUT2D eigenvalue weighted by Gasteiger charge is 2.08. The van der Waals surface area contributed by atoms with Gasteiger partial charge in [0.2, 0.25) is 0 Å². The van der Waals surface area contributed by atoms with E-state index in [0.29, 0.717) is 11.5 Å². The second-order valence-electron chi connectivity index (χ2n) is 5.70. The van der Waals surface area contributed by atoms with Gasteiger partial charge in [0.05, 0.1) is 0 Å². The topological polar surface area (TPSA) is 49.7 Å². The van der Waals surface area contributed by atoms with Crippen molar-refractivity contribution in [1.82, 2.24) is 0 Å². The average Bonchev–Trinajstić information content (AvgIpc) is 2.50. The van der Waals surface area contributed by atoms with Crippen molar-refractivity contribution < 1.29 is 14.9 Å². The van der Waals surface area contributed by atoms with Crippen molar-refractivity contribution in [2.45, 2.75) is 41.5 Å². The summed E-state index contributed by atoms with van der Waals surface area (Å²) in [6.07, 6.45) is 0. The molecule has 0 heterocycles. The van der Waals surface area contributed by atoms with Crippen molar-refractivity contribution in [2.75, 3.05) is 13.2 Å². The normalized spacial score (nSPS) is 10.2. The third-order valence-electron chi connectivity index (χ3n) is 3.72. The van der Waals surface area contributed by atoms with Gasteiger partial charge in [-0.05, 0) is 99.2 Å². The van der Waals surface area contributed by atoms with Crippen LogP contribution in [0.3, 0.4) is 0 Å². The van der Waals surface area contributed by atoms with Crippen molar-refractivity contribution >= 4 is 0 Å². The van der Waals surface area contributed by atoms with Gasteiger partial charge >= 0.3 is 0 Å². The maximum absolute atomic E-state index is 9.79. The number of aryl methyl sites for hydroxylation is 4. The lowest BCUT2D eigenvalue weighted by Crippen LogP contribution is -1.88. The van der Waals surface area contributed by atoms with Gasteiger partial charge in [0.25, 0.3) is 0 Å². The third kappa shape index (κ3) is 5.00. The highest BCUT2D eigenvalue weighted by atomic mass is 16.5. The van der Waals surface area contributed by atoms with Crippen molar-refractivity contribution in [3.8, 4) is 22.6 Å². The molecule has 0 aliphatic carbocycles. The molecule has 0 amide bonds. The van der Waals surface area contributed by atoms with Crippen LogP contribution >= 0.6 is 0 Å². The Bertz CT molecular complexity index is 556. The minimum absolute atomic E-state index is 0.353. The molecule has 2 aromatic rings. The standard InChI is InChI=1S/C16H18O2.C4H10O/c1-9-5-13(6-10(2)15(9)17)14-7-11(3)16(18)12(4)8-14;1-3-5-4-2/h5-8,17-18H,1-4H3;3-4H2,1-2H3. The van der Waals surface area contributed by atoms with E-state index in [1.165, 1.54) is 0 Å². The molecule has 0 saturated heterocycles. The van der Waals surface area contributed by atoms with Gasteiger partial charge in [0.1, 0.15) is 11.5 Å². The fourth-order valence-corrected chi connectivity index (χ4v) is 2.45. The molecule has 0 fully saturated rings. The zero-order valence-electron chi connectivity index (χ0n) is 15.0. The van der Waals surface area contributed by atoms with E-state index in [1.807, 2.05) is 65.8 Å². The zero-order valence-corrected chi connectivity index (χ0v) is 15.0. The van der Waals surface area contributed by atoms with Gasteiger partial charge in [0, 0.05) is 13.2 Å². The molecule has 0 aromatic heterocycles. The van der Waals surface area contributed by atoms with Crippen LogP contribution in [0.1, 0.15) is 36.1 Å². The molecular formula is C20H28O3. The average molecular weight is 316 g/mol. The molecule has 0 aliphatic rings. The van der Waals surface area contributed by atoms with Crippen molar-refractivity contribution in [3.63, 3.8) is 0 Å². The number of ether oxygens (including phenoxy) is 1. The maximum Gasteiger partial charge on any atom is 0.121 e. The van der Waals surface area contributed by atoms with Crippen molar-refractivity contribution in [3.05, 3.63) is 46.5 Å². The SMILES string of the molecule is CCOCC.Cc1cc(-c2cc(C)c(O)c(C)c2)cc(C)c1O. The molecule has 2 N–H and O–H groups in total. The Morgan fingerprint density at radius 2 is 0.913 bits per heavy atom. The summed E-state index contributed by atoms with van der Waals surface area (Å²) < 4.78 is 4.83. The fraction of sp³-hybridized carbons (Fsp3) is 0.400. The first kappa shape index (κ1) is 19.0. The van der Waals surface area contributed by atoms with Crippen LogP contribution in [0.4, 0.5) is 0 Å². The van der Waals surface area contributed by atoms with Crippen LogP contribution in [-0.2, 0) is 4.74 Å². The highest BCUT2D eigenvalue weighted by Crippen LogP contribution is 2.32. The summed E-state index contributed by atoms with van der Waals surface area (Å²) in [6, 6.07) is 7.86. The monoisotopic (exact) mass is 316 g/mol. The predicted octanol–water partition coefficient (Wildman–Crippen LogP) is 5.04. The van der Waals surface area contributed by atoms with Crippen molar-refractivity contribution in [2.24, 2.45) is 0 Å². The Labute approximate surface area is 139 Å². The van der Waals surface area contributed by atoms with E-state index in [4.69, 9.17) is 4.74 Å². The molecule has 0 radical (unpaired) electrons. The lowest BCUT2D eigenvalue weighted by Gasteiger charge is -2.11. The van der Waals surface area contributed by atoms with E-state index in [9.17, 15) is 10.2 Å². The van der Waals surface area contributed by atoms with Crippen LogP contribution in [0.25, 0.3) is 11.1 Å². The number of hydrogen-bond acceptors (Lipinski definition) is 3. The largest absolute Gasteiger partial charge is 0.507 e. The van der Waals surface area contributed by atoms with Gasteiger partial charge in [-0.25, -0.2) is 0 Å². The Balaban J connectivity index is 0.000000463. The van der Waals surface area contributed by atoms with Crippen LogP contribution in [-0.4, -0.2) is 23.4 Å². The molecule has 2 rings (SSSR count). The van der Waals surface area contributed by atoms with E-state index in [2.05, 4.69) is 0 Å². The first-order chi connectivity index (χ1) is 10.8. The molecule has 0 aliphatic heterocycles. The summed E-state index contributed by atoms with van der Waals surface area (Å²) in [4.78, 5) is 0. The summed E-state index contributed by atoms with van der Waals surface area (Å²) in [5.41, 5.74) is 5.60. The lowest BCUT2D eigenvalue weighted by atomic mass is 9.96. The summed E-state index contributed by atoms with van der Waals surface area (Å²) >= 11 is 0. The Morgan fingerprint density at radius 3 is 1.09 bits per heavy atom. The number of rotatable bonds is 3. The fourth-order valence-electron chi connectivity index (χ4n) is 2.45. The van der Waals surface area contributed by atoms with Gasteiger partial charge in [-0.2, -0.15) is 0 Å². The van der Waals surface area contributed by atoms with Crippen LogP contribution in [0.2, 0.25) is 0 Å². The van der Waals surface area contributed by atoms with E-state index in [-0.39, 0.29) is 0 Å². The van der Waals surface area contributed by atoms with E-state index >= 15 is 0 Å². The molecule has 0 unspecified atom stereocenters. The smallest absolute Gasteiger partial charge is 0.121 e. The lowest BCUT2D eigenvalue weighted by molar-refractivity contribution is 0.162. The van der Waals surface area contributed by atoms with Crippen molar-refractivity contribution in [1.29, 1.82) is 0 Å². The van der Waals surface area contributed by atoms with Crippen LogP contribution in [0, 0.1) is 27.7 Å². The molecular weight excluding hydrogens is 288 g/mol. The molecule has 0 saturated carbocycles. The first-order valence-corrected chi connectivity index (χ1v) is 8.00. The number of phenolic OH excluding ortho intramolecular Hbond substituents is 2. The molecule has 126 valence electrons. The minimum atomic E-state index is 0.353. The van der Waals surface area contributed by atoms with Crippen LogP contribution in [0.5, 0.6) is 11.5 Å². The van der Waals surface area contributed by atoms with Gasteiger partial charge in [0.15, 0.2) is 0 Å². The molecule has 0 spiro atoms. The molecule has 2 aromatic carbocycles. The summed E-state index contributed by atoms with van der Waals surface area (Å²) in [5.74, 6) is 0.706. The number of phenols is 2. The van der Waals surface area contributed by atoms with Crippen LogP contribution < -0.4 is 0 Å². The summed E-state index contributed by atoms with van der Waals surface area (Å²) in [6.45, 7) is 13.2. The van der Waals surface area contributed by atoms with Gasteiger partial charge in [-0.3, -0.25) is 0 Å². The summed E-state index contributed by atoms with van der Waals surface area (Å²) in [5, 5.41) is 19.6. The Morgan fingerprint density at radius 1 is 0.652 bits per heavy atom. The number of aromatic hydroxyl groups is 2.